The highest BCUT2D eigenvalue weighted by molar-refractivity contribution is 5.30. The second-order valence-corrected chi connectivity index (χ2v) is 4.14. The molecule has 4 N–H and O–H groups in total. The number of hydrogen-bond acceptors (Lipinski definition) is 4. The van der Waals surface area contributed by atoms with Crippen LogP contribution in [0.5, 0.6) is 5.75 Å². The lowest BCUT2D eigenvalue weighted by molar-refractivity contribution is 0.263. The van der Waals surface area contributed by atoms with Crippen LogP contribution in [0.25, 0.3) is 0 Å². The quantitative estimate of drug-likeness (QED) is 0.664. The van der Waals surface area contributed by atoms with Crippen molar-refractivity contribution < 1.29 is 9.84 Å². The minimum Gasteiger partial charge on any atom is -0.497 e. The molecule has 0 amide bonds. The van der Waals surface area contributed by atoms with E-state index in [0.717, 1.165) is 17.7 Å². The van der Waals surface area contributed by atoms with Crippen LogP contribution < -0.4 is 15.8 Å². The van der Waals surface area contributed by atoms with Crippen LogP contribution >= 0.6 is 0 Å². The van der Waals surface area contributed by atoms with Crippen LogP contribution in [-0.4, -0.2) is 31.4 Å². The molecule has 0 aliphatic heterocycles. The zero-order valence-electron chi connectivity index (χ0n) is 10.5. The highest BCUT2D eigenvalue weighted by Crippen LogP contribution is 2.19. The maximum atomic E-state index is 8.88. The number of nitrogens with one attached hydrogen (secondary N) is 1. The first-order valence-electron chi connectivity index (χ1n) is 5.92. The van der Waals surface area contributed by atoms with E-state index in [-0.39, 0.29) is 18.7 Å². The summed E-state index contributed by atoms with van der Waals surface area (Å²) in [5.74, 6) is 0.831. The van der Waals surface area contributed by atoms with Crippen molar-refractivity contribution in [2.75, 3.05) is 20.3 Å². The molecule has 0 saturated heterocycles. The third kappa shape index (κ3) is 4.34. The molecule has 0 radical (unpaired) electrons. The molecule has 0 spiro atoms. The van der Waals surface area contributed by atoms with Gasteiger partial charge in [-0.25, -0.2) is 0 Å². The molecular formula is C13H22N2O2. The number of benzene rings is 1. The molecule has 0 aliphatic rings. The molecule has 4 nitrogen and oxygen atoms in total. The summed E-state index contributed by atoms with van der Waals surface area (Å²) in [4.78, 5) is 0. The number of aliphatic hydroxyl groups excluding tert-OH is 1. The molecule has 1 aromatic carbocycles. The molecule has 2 unspecified atom stereocenters. The minimum atomic E-state index is 0.0895. The molecule has 0 aliphatic carbocycles. The van der Waals surface area contributed by atoms with E-state index in [1.165, 1.54) is 0 Å². The van der Waals surface area contributed by atoms with Gasteiger partial charge in [0.2, 0.25) is 0 Å². The first kappa shape index (κ1) is 14.0. The van der Waals surface area contributed by atoms with E-state index in [0.29, 0.717) is 6.54 Å². The Labute approximate surface area is 103 Å². The lowest BCUT2D eigenvalue weighted by atomic mass is 10.1. The van der Waals surface area contributed by atoms with Crippen molar-refractivity contribution in [3.05, 3.63) is 29.8 Å². The second-order valence-electron chi connectivity index (χ2n) is 4.14. The molecule has 96 valence electrons. The summed E-state index contributed by atoms with van der Waals surface area (Å²) in [6, 6.07) is 8.20. The van der Waals surface area contributed by atoms with E-state index >= 15 is 0 Å². The van der Waals surface area contributed by atoms with Gasteiger partial charge in [-0.1, -0.05) is 12.1 Å². The van der Waals surface area contributed by atoms with Gasteiger partial charge in [0.1, 0.15) is 5.75 Å². The molecule has 1 aromatic rings. The van der Waals surface area contributed by atoms with Gasteiger partial charge < -0.3 is 20.9 Å². The smallest absolute Gasteiger partial charge is 0.119 e. The Morgan fingerprint density at radius 3 is 2.82 bits per heavy atom. The first-order valence-corrected chi connectivity index (χ1v) is 5.92. The zero-order valence-corrected chi connectivity index (χ0v) is 10.5. The normalized spacial score (nSPS) is 14.4. The van der Waals surface area contributed by atoms with Gasteiger partial charge in [0.25, 0.3) is 0 Å². The van der Waals surface area contributed by atoms with Crippen molar-refractivity contribution in [1.29, 1.82) is 0 Å². The summed E-state index contributed by atoms with van der Waals surface area (Å²) in [7, 11) is 1.65. The van der Waals surface area contributed by atoms with Crippen molar-refractivity contribution >= 4 is 0 Å². The van der Waals surface area contributed by atoms with E-state index < -0.39 is 0 Å². The SMILES string of the molecule is COc1cccc(C(CN)NC(C)CCO)c1. The fourth-order valence-electron chi connectivity index (χ4n) is 1.78. The molecule has 1 rings (SSSR count). The molecule has 4 heteroatoms. The van der Waals surface area contributed by atoms with Crippen molar-refractivity contribution in [3.63, 3.8) is 0 Å². The lowest BCUT2D eigenvalue weighted by Gasteiger charge is -2.22. The minimum absolute atomic E-state index is 0.0895. The molecule has 0 heterocycles. The number of hydrogen-bond donors (Lipinski definition) is 3. The maximum Gasteiger partial charge on any atom is 0.119 e. The van der Waals surface area contributed by atoms with Crippen LogP contribution in [-0.2, 0) is 0 Å². The molecular weight excluding hydrogens is 216 g/mol. The third-order valence-corrected chi connectivity index (χ3v) is 2.78. The van der Waals surface area contributed by atoms with E-state index in [4.69, 9.17) is 15.6 Å². The standard InChI is InChI=1S/C13H22N2O2/c1-10(6-7-16)15-13(9-14)11-4-3-5-12(8-11)17-2/h3-5,8,10,13,15-16H,6-7,9,14H2,1-2H3. The topological polar surface area (TPSA) is 67.5 Å². The van der Waals surface area contributed by atoms with Crippen molar-refractivity contribution in [3.8, 4) is 5.75 Å². The van der Waals surface area contributed by atoms with Crippen molar-refractivity contribution in [2.45, 2.75) is 25.4 Å². The monoisotopic (exact) mass is 238 g/mol. The van der Waals surface area contributed by atoms with Gasteiger partial charge >= 0.3 is 0 Å². The van der Waals surface area contributed by atoms with Gasteiger partial charge in [-0.3, -0.25) is 0 Å². The van der Waals surface area contributed by atoms with Gasteiger partial charge in [-0.2, -0.15) is 0 Å². The Morgan fingerprint density at radius 1 is 1.47 bits per heavy atom. The summed E-state index contributed by atoms with van der Waals surface area (Å²) < 4.78 is 5.19. The number of ether oxygens (including phenoxy) is 1. The molecule has 17 heavy (non-hydrogen) atoms. The van der Waals surface area contributed by atoms with E-state index in [1.807, 2.05) is 31.2 Å². The van der Waals surface area contributed by atoms with Crippen LogP contribution in [0.15, 0.2) is 24.3 Å². The maximum absolute atomic E-state index is 8.88. The summed E-state index contributed by atoms with van der Waals surface area (Å²) in [6.07, 6.45) is 0.723. The predicted molar refractivity (Wildman–Crippen MR) is 69.1 cm³/mol. The number of aliphatic hydroxyl groups is 1. The van der Waals surface area contributed by atoms with E-state index in [1.54, 1.807) is 7.11 Å². The third-order valence-electron chi connectivity index (χ3n) is 2.78. The second kappa shape index (κ2) is 7.27. The number of methoxy groups -OCH3 is 1. The van der Waals surface area contributed by atoms with Crippen LogP contribution in [0.4, 0.5) is 0 Å². The predicted octanol–water partition coefficient (Wildman–Crippen LogP) is 1.06. The summed E-state index contributed by atoms with van der Waals surface area (Å²) in [5.41, 5.74) is 6.88. The Bertz CT molecular complexity index is 331. The Hall–Kier alpha value is -1.10. The Morgan fingerprint density at radius 2 is 2.24 bits per heavy atom. The Kier molecular flexibility index (Phi) is 5.97. The van der Waals surface area contributed by atoms with Crippen molar-refractivity contribution in [1.82, 2.24) is 5.32 Å². The van der Waals surface area contributed by atoms with Crippen LogP contribution in [0.1, 0.15) is 24.9 Å². The van der Waals surface area contributed by atoms with E-state index in [9.17, 15) is 0 Å². The van der Waals surface area contributed by atoms with Crippen LogP contribution in [0.3, 0.4) is 0 Å². The van der Waals surface area contributed by atoms with Gasteiger partial charge in [-0.05, 0) is 31.0 Å². The highest BCUT2D eigenvalue weighted by Gasteiger charge is 2.12. The Balaban J connectivity index is 2.71. The van der Waals surface area contributed by atoms with E-state index in [2.05, 4.69) is 5.32 Å². The summed E-state index contributed by atoms with van der Waals surface area (Å²) in [6.45, 7) is 2.74. The van der Waals surface area contributed by atoms with Gasteiger partial charge in [0.15, 0.2) is 0 Å². The fourth-order valence-corrected chi connectivity index (χ4v) is 1.78. The van der Waals surface area contributed by atoms with Crippen molar-refractivity contribution in [2.24, 2.45) is 5.73 Å². The van der Waals surface area contributed by atoms with Crippen LogP contribution in [0, 0.1) is 0 Å². The van der Waals surface area contributed by atoms with Gasteiger partial charge in [0, 0.05) is 25.2 Å². The largest absolute Gasteiger partial charge is 0.497 e. The summed E-state index contributed by atoms with van der Waals surface area (Å²) in [5, 5.41) is 12.3. The number of rotatable bonds is 7. The zero-order chi connectivity index (χ0) is 12.7. The summed E-state index contributed by atoms with van der Waals surface area (Å²) >= 11 is 0. The molecule has 0 fully saturated rings. The lowest BCUT2D eigenvalue weighted by Crippen LogP contribution is -2.35. The van der Waals surface area contributed by atoms with Gasteiger partial charge in [-0.15, -0.1) is 0 Å². The highest BCUT2D eigenvalue weighted by atomic mass is 16.5. The molecule has 0 bridgehead atoms. The average molecular weight is 238 g/mol. The fraction of sp³-hybridized carbons (Fsp3) is 0.538. The average Bonchev–Trinajstić information content (AvgIpc) is 2.36. The van der Waals surface area contributed by atoms with Gasteiger partial charge in [0.05, 0.1) is 7.11 Å². The number of nitrogens with two attached hydrogens (primary N) is 1. The molecule has 0 aromatic heterocycles. The molecule has 2 atom stereocenters. The first-order chi connectivity index (χ1) is 8.21. The van der Waals surface area contributed by atoms with Crippen LogP contribution in [0.2, 0.25) is 0 Å². The molecule has 0 saturated carbocycles.